The summed E-state index contributed by atoms with van der Waals surface area (Å²) in [7, 11) is 0. The highest BCUT2D eigenvalue weighted by molar-refractivity contribution is 6.15. The highest BCUT2D eigenvalue weighted by Crippen LogP contribution is 2.24. The number of pyridine rings is 1. The third-order valence-corrected chi connectivity index (χ3v) is 5.18. The van der Waals surface area contributed by atoms with Crippen LogP contribution < -0.4 is 10.2 Å². The zero-order valence-corrected chi connectivity index (χ0v) is 15.4. The molecule has 4 rings (SSSR count). The third-order valence-electron chi connectivity index (χ3n) is 5.18. The predicted molar refractivity (Wildman–Crippen MR) is 109 cm³/mol. The van der Waals surface area contributed by atoms with Crippen molar-refractivity contribution >= 4 is 17.5 Å². The summed E-state index contributed by atoms with van der Waals surface area (Å²) in [5.74, 6) is 0. The molecule has 1 aromatic heterocycles. The van der Waals surface area contributed by atoms with Crippen molar-refractivity contribution in [1.82, 2.24) is 10.3 Å². The minimum absolute atomic E-state index is 0.538. The highest BCUT2D eigenvalue weighted by Gasteiger charge is 2.18. The molecule has 2 aliphatic heterocycles. The van der Waals surface area contributed by atoms with Crippen molar-refractivity contribution in [2.24, 2.45) is 4.99 Å². The largest absolute Gasteiger partial charge is 0.366 e. The smallest absolute Gasteiger partial charge is 0.0694 e. The van der Waals surface area contributed by atoms with E-state index in [0.717, 1.165) is 50.3 Å². The third kappa shape index (κ3) is 3.70. The zero-order chi connectivity index (χ0) is 17.8. The maximum absolute atomic E-state index is 4.77. The number of benzene rings is 1. The molecule has 1 aromatic carbocycles. The molecule has 1 atom stereocenters. The van der Waals surface area contributed by atoms with Gasteiger partial charge in [-0.1, -0.05) is 12.1 Å². The molecule has 0 bridgehead atoms. The molecule has 0 spiro atoms. The van der Waals surface area contributed by atoms with Gasteiger partial charge >= 0.3 is 0 Å². The van der Waals surface area contributed by atoms with Crippen LogP contribution in [0.15, 0.2) is 59.4 Å². The summed E-state index contributed by atoms with van der Waals surface area (Å²) in [5.41, 5.74) is 6.08. The molecule has 1 N–H and O–H groups in total. The number of rotatable bonds is 3. The van der Waals surface area contributed by atoms with Crippen LogP contribution in [0.4, 0.5) is 5.69 Å². The number of allylic oxidation sites excluding steroid dienone is 1. The van der Waals surface area contributed by atoms with E-state index in [1.165, 1.54) is 16.8 Å². The van der Waals surface area contributed by atoms with Crippen LogP contribution >= 0.6 is 0 Å². The lowest BCUT2D eigenvalue weighted by molar-refractivity contribution is 0.501. The van der Waals surface area contributed by atoms with Gasteiger partial charge in [-0.2, -0.15) is 0 Å². The van der Waals surface area contributed by atoms with Crippen LogP contribution in [0.2, 0.25) is 0 Å². The molecule has 0 amide bonds. The summed E-state index contributed by atoms with van der Waals surface area (Å²) < 4.78 is 0. The first kappa shape index (κ1) is 17.0. The molecule has 26 heavy (non-hydrogen) atoms. The Kier molecular flexibility index (Phi) is 5.12. The maximum Gasteiger partial charge on any atom is 0.0694 e. The summed E-state index contributed by atoms with van der Waals surface area (Å²) in [6.07, 6.45) is 8.20. The summed E-state index contributed by atoms with van der Waals surface area (Å²) in [6.45, 7) is 6.36. The van der Waals surface area contributed by atoms with Crippen LogP contribution in [0.3, 0.4) is 0 Å². The Balaban J connectivity index is 1.57. The molecule has 0 aliphatic carbocycles. The van der Waals surface area contributed by atoms with Gasteiger partial charge < -0.3 is 10.2 Å². The molecule has 4 nitrogen and oxygen atoms in total. The zero-order valence-electron chi connectivity index (χ0n) is 15.4. The number of piperazine rings is 1. The van der Waals surface area contributed by atoms with Crippen LogP contribution in [-0.2, 0) is 0 Å². The Morgan fingerprint density at radius 3 is 2.85 bits per heavy atom. The highest BCUT2D eigenvalue weighted by atomic mass is 15.2. The van der Waals surface area contributed by atoms with E-state index in [1.54, 1.807) is 0 Å². The first-order valence-electron chi connectivity index (χ1n) is 9.54. The Labute approximate surface area is 155 Å². The van der Waals surface area contributed by atoms with Gasteiger partial charge in [-0.3, -0.25) is 9.98 Å². The minimum atomic E-state index is 0.538. The Morgan fingerprint density at radius 1 is 1.19 bits per heavy atom. The Morgan fingerprint density at radius 2 is 2.08 bits per heavy atom. The number of aromatic nitrogens is 1. The fourth-order valence-electron chi connectivity index (χ4n) is 3.79. The molecule has 0 radical (unpaired) electrons. The first-order chi connectivity index (χ1) is 12.8. The van der Waals surface area contributed by atoms with Gasteiger partial charge in [-0.25, -0.2) is 0 Å². The molecule has 1 fully saturated rings. The SMILES string of the molecule is CC1CNCCN1c1ccc(/C=C2\CCCN=C2c2cccnc2)cc1. The van der Waals surface area contributed by atoms with Crippen molar-refractivity contribution in [3.05, 3.63) is 65.5 Å². The summed E-state index contributed by atoms with van der Waals surface area (Å²) >= 11 is 0. The van der Waals surface area contributed by atoms with Crippen molar-refractivity contribution < 1.29 is 0 Å². The maximum atomic E-state index is 4.77. The van der Waals surface area contributed by atoms with Crippen molar-refractivity contribution in [1.29, 1.82) is 0 Å². The molecule has 3 heterocycles. The van der Waals surface area contributed by atoms with E-state index >= 15 is 0 Å². The van der Waals surface area contributed by atoms with E-state index in [4.69, 9.17) is 4.99 Å². The van der Waals surface area contributed by atoms with E-state index in [9.17, 15) is 0 Å². The number of hydrogen-bond acceptors (Lipinski definition) is 4. The van der Waals surface area contributed by atoms with Gasteiger partial charge in [0.2, 0.25) is 0 Å². The van der Waals surface area contributed by atoms with Gasteiger partial charge in [0.15, 0.2) is 0 Å². The van der Waals surface area contributed by atoms with Crippen LogP contribution in [-0.4, -0.2) is 42.9 Å². The summed E-state index contributed by atoms with van der Waals surface area (Å²) in [6, 6.07) is 13.6. The molecule has 2 aromatic rings. The Bertz CT molecular complexity index is 793. The number of aliphatic imine (C=N–C) groups is 1. The molecule has 2 aliphatic rings. The minimum Gasteiger partial charge on any atom is -0.366 e. The van der Waals surface area contributed by atoms with Gasteiger partial charge in [0.1, 0.15) is 0 Å². The number of hydrogen-bond donors (Lipinski definition) is 1. The van der Waals surface area contributed by atoms with E-state index in [1.807, 2.05) is 18.5 Å². The molecular formula is C22H26N4. The predicted octanol–water partition coefficient (Wildman–Crippen LogP) is 3.55. The van der Waals surface area contributed by atoms with Crippen LogP contribution in [0.1, 0.15) is 30.9 Å². The molecular weight excluding hydrogens is 320 g/mol. The number of nitrogens with one attached hydrogen (secondary N) is 1. The summed E-state index contributed by atoms with van der Waals surface area (Å²) in [5, 5.41) is 3.45. The lowest BCUT2D eigenvalue weighted by Crippen LogP contribution is -2.49. The average Bonchev–Trinajstić information content (AvgIpc) is 2.70. The second-order valence-electron chi connectivity index (χ2n) is 7.08. The van der Waals surface area contributed by atoms with E-state index in [-0.39, 0.29) is 0 Å². The topological polar surface area (TPSA) is 40.5 Å². The van der Waals surface area contributed by atoms with Gasteiger partial charge in [0.05, 0.1) is 5.71 Å². The lowest BCUT2D eigenvalue weighted by atomic mass is 9.95. The Hall–Kier alpha value is -2.46. The molecule has 1 unspecified atom stereocenters. The molecule has 4 heteroatoms. The second-order valence-corrected chi connectivity index (χ2v) is 7.08. The monoisotopic (exact) mass is 346 g/mol. The van der Waals surface area contributed by atoms with Gasteiger partial charge in [-0.05, 0) is 61.2 Å². The lowest BCUT2D eigenvalue weighted by Gasteiger charge is -2.36. The second kappa shape index (κ2) is 7.83. The van der Waals surface area contributed by atoms with E-state index < -0.39 is 0 Å². The van der Waals surface area contributed by atoms with Crippen LogP contribution in [0.25, 0.3) is 6.08 Å². The van der Waals surface area contributed by atoms with Crippen LogP contribution in [0, 0.1) is 0 Å². The van der Waals surface area contributed by atoms with E-state index in [2.05, 4.69) is 58.5 Å². The van der Waals surface area contributed by atoms with Crippen molar-refractivity contribution in [2.45, 2.75) is 25.8 Å². The molecule has 1 saturated heterocycles. The van der Waals surface area contributed by atoms with E-state index in [0.29, 0.717) is 6.04 Å². The number of anilines is 1. The van der Waals surface area contributed by atoms with Crippen molar-refractivity contribution in [2.75, 3.05) is 31.1 Å². The fourth-order valence-corrected chi connectivity index (χ4v) is 3.79. The van der Waals surface area contributed by atoms with Gasteiger partial charge in [0, 0.05) is 55.9 Å². The van der Waals surface area contributed by atoms with Gasteiger partial charge in [-0.15, -0.1) is 0 Å². The quantitative estimate of drug-likeness (QED) is 0.924. The molecule has 134 valence electrons. The number of nitrogens with zero attached hydrogens (tertiary/aromatic N) is 3. The first-order valence-corrected chi connectivity index (χ1v) is 9.54. The summed E-state index contributed by atoms with van der Waals surface area (Å²) in [4.78, 5) is 11.5. The van der Waals surface area contributed by atoms with Gasteiger partial charge in [0.25, 0.3) is 0 Å². The standard InChI is InChI=1S/C22H26N4/c1-17-15-24-12-13-26(17)21-8-6-18(7-9-21)14-19-4-3-11-25-22(19)20-5-2-10-23-16-20/h2,5-10,14,16-17,24H,3-4,11-13,15H2,1H3/b19-14+. The molecule has 0 saturated carbocycles. The van der Waals surface area contributed by atoms with Crippen molar-refractivity contribution in [3.63, 3.8) is 0 Å². The normalized spacial score (nSPS) is 22.3. The van der Waals surface area contributed by atoms with Crippen molar-refractivity contribution in [3.8, 4) is 0 Å². The fraction of sp³-hybridized carbons (Fsp3) is 0.364. The van der Waals surface area contributed by atoms with Crippen LogP contribution in [0.5, 0.6) is 0 Å². The average molecular weight is 346 g/mol.